The Kier molecular flexibility index (Phi) is 6.27. The highest BCUT2D eigenvalue weighted by molar-refractivity contribution is 5.95. The molecule has 1 fully saturated rings. The van der Waals surface area contributed by atoms with Crippen molar-refractivity contribution < 1.29 is 9.59 Å². The summed E-state index contributed by atoms with van der Waals surface area (Å²) >= 11 is 0. The van der Waals surface area contributed by atoms with Crippen LogP contribution >= 0.6 is 0 Å². The van der Waals surface area contributed by atoms with Gasteiger partial charge in [0, 0.05) is 42.5 Å². The molecule has 35 heavy (non-hydrogen) atoms. The molecule has 2 aromatic carbocycles. The number of imidazole rings is 1. The zero-order valence-electron chi connectivity index (χ0n) is 19.9. The van der Waals surface area contributed by atoms with Crippen LogP contribution in [0.2, 0.25) is 0 Å². The van der Waals surface area contributed by atoms with Crippen molar-refractivity contribution in [2.75, 3.05) is 13.1 Å². The van der Waals surface area contributed by atoms with Crippen molar-refractivity contribution in [3.63, 3.8) is 0 Å². The van der Waals surface area contributed by atoms with Gasteiger partial charge in [0.05, 0.1) is 5.52 Å². The maximum Gasteiger partial charge on any atom is 0.289 e. The molecule has 4 aromatic rings. The Morgan fingerprint density at radius 2 is 1.74 bits per heavy atom. The summed E-state index contributed by atoms with van der Waals surface area (Å²) in [5.41, 5.74) is 2.61. The first-order chi connectivity index (χ1) is 17.0. The van der Waals surface area contributed by atoms with E-state index in [-0.39, 0.29) is 23.7 Å². The molecule has 1 aliphatic heterocycles. The molecule has 178 valence electrons. The Balaban J connectivity index is 1.25. The Labute approximate surface area is 204 Å². The number of aromatic nitrogens is 4. The first-order valence-electron chi connectivity index (χ1n) is 11.9. The van der Waals surface area contributed by atoms with E-state index in [9.17, 15) is 9.59 Å². The molecule has 0 atom stereocenters. The van der Waals surface area contributed by atoms with Gasteiger partial charge in [-0.05, 0) is 48.6 Å². The van der Waals surface area contributed by atoms with Crippen LogP contribution in [0.3, 0.4) is 0 Å². The summed E-state index contributed by atoms with van der Waals surface area (Å²) in [6.45, 7) is 5.46. The van der Waals surface area contributed by atoms with E-state index in [0.717, 1.165) is 5.39 Å². The van der Waals surface area contributed by atoms with Crippen LogP contribution in [0.4, 0.5) is 0 Å². The summed E-state index contributed by atoms with van der Waals surface area (Å²) < 4.78 is 1.78. The van der Waals surface area contributed by atoms with Crippen molar-refractivity contribution in [3.05, 3.63) is 84.2 Å². The minimum absolute atomic E-state index is 0.0351. The van der Waals surface area contributed by atoms with Crippen molar-refractivity contribution in [2.45, 2.75) is 38.6 Å². The maximum absolute atomic E-state index is 13.1. The lowest BCUT2D eigenvalue weighted by Gasteiger charge is -2.32. The van der Waals surface area contributed by atoms with E-state index in [0.29, 0.717) is 48.7 Å². The minimum Gasteiger partial charge on any atom is -0.346 e. The summed E-state index contributed by atoms with van der Waals surface area (Å²) in [6, 6.07) is 15.4. The number of rotatable bonds is 5. The number of fused-ring (bicyclic) bond motifs is 1. The van der Waals surface area contributed by atoms with Crippen molar-refractivity contribution >= 4 is 22.7 Å². The highest BCUT2D eigenvalue weighted by Crippen LogP contribution is 2.21. The van der Waals surface area contributed by atoms with Crippen LogP contribution in [-0.4, -0.2) is 55.4 Å². The van der Waals surface area contributed by atoms with Crippen molar-refractivity contribution in [1.29, 1.82) is 0 Å². The van der Waals surface area contributed by atoms with E-state index in [1.54, 1.807) is 23.3 Å². The molecule has 2 amide bonds. The third-order valence-corrected chi connectivity index (χ3v) is 6.48. The molecule has 1 saturated heterocycles. The van der Waals surface area contributed by atoms with Crippen LogP contribution in [-0.2, 0) is 0 Å². The summed E-state index contributed by atoms with van der Waals surface area (Å²) in [4.78, 5) is 41.0. The summed E-state index contributed by atoms with van der Waals surface area (Å²) in [6.07, 6.45) is 6.48. The van der Waals surface area contributed by atoms with Gasteiger partial charge in [-0.15, -0.1) is 0 Å². The van der Waals surface area contributed by atoms with Crippen LogP contribution in [0.1, 0.15) is 59.1 Å². The lowest BCUT2D eigenvalue weighted by molar-refractivity contribution is 0.0697. The summed E-state index contributed by atoms with van der Waals surface area (Å²) in [7, 11) is 0. The molecule has 0 aliphatic carbocycles. The van der Waals surface area contributed by atoms with Gasteiger partial charge in [-0.25, -0.2) is 15.0 Å². The van der Waals surface area contributed by atoms with Gasteiger partial charge < -0.3 is 10.2 Å². The molecule has 3 heterocycles. The van der Waals surface area contributed by atoms with E-state index >= 15 is 0 Å². The zero-order chi connectivity index (χ0) is 24.4. The number of carbonyl (C=O) groups is 2. The highest BCUT2D eigenvalue weighted by Gasteiger charge is 2.26. The third-order valence-electron chi connectivity index (χ3n) is 6.48. The molecule has 0 unspecified atom stereocenters. The van der Waals surface area contributed by atoms with E-state index in [1.165, 1.54) is 5.56 Å². The average Bonchev–Trinajstić information content (AvgIpc) is 3.43. The van der Waals surface area contributed by atoms with Crippen molar-refractivity contribution in [1.82, 2.24) is 29.7 Å². The van der Waals surface area contributed by atoms with Gasteiger partial charge in [-0.1, -0.05) is 38.1 Å². The zero-order valence-corrected chi connectivity index (χ0v) is 19.9. The maximum atomic E-state index is 13.1. The van der Waals surface area contributed by atoms with Crippen LogP contribution in [0.15, 0.2) is 67.3 Å². The van der Waals surface area contributed by atoms with Crippen LogP contribution in [0.5, 0.6) is 0 Å². The fourth-order valence-corrected chi connectivity index (χ4v) is 4.41. The normalized spacial score (nSPS) is 14.4. The van der Waals surface area contributed by atoms with Gasteiger partial charge in [-0.2, -0.15) is 0 Å². The molecule has 5 rings (SSSR count). The molecule has 1 N–H and O–H groups in total. The van der Waals surface area contributed by atoms with E-state index in [1.807, 2.05) is 53.4 Å². The number of benzene rings is 2. The smallest absolute Gasteiger partial charge is 0.289 e. The SMILES string of the molecule is CC(C)c1ccc(C(=O)N2CCC(NC(=O)c3nc(-n4ccnc4)c4ccccc4n3)CC2)cc1. The predicted molar refractivity (Wildman–Crippen MR) is 134 cm³/mol. The number of hydrogen-bond acceptors (Lipinski definition) is 5. The molecule has 1 aliphatic rings. The molecule has 0 radical (unpaired) electrons. The largest absolute Gasteiger partial charge is 0.346 e. The van der Waals surface area contributed by atoms with Crippen LogP contribution in [0, 0.1) is 0 Å². The Hall–Kier alpha value is -4.07. The predicted octanol–water partition coefficient (Wildman–Crippen LogP) is 3.97. The Morgan fingerprint density at radius 1 is 1.00 bits per heavy atom. The molecular weight excluding hydrogens is 440 g/mol. The molecule has 2 aromatic heterocycles. The summed E-state index contributed by atoms with van der Waals surface area (Å²) in [5.74, 6) is 0.888. The Bertz CT molecular complexity index is 1340. The van der Waals surface area contributed by atoms with Crippen molar-refractivity contribution in [2.24, 2.45) is 0 Å². The first kappa shape index (κ1) is 22.7. The van der Waals surface area contributed by atoms with Gasteiger partial charge in [0.25, 0.3) is 11.8 Å². The van der Waals surface area contributed by atoms with Gasteiger partial charge in [0.2, 0.25) is 5.82 Å². The number of hydrogen-bond donors (Lipinski definition) is 1. The topological polar surface area (TPSA) is 93.0 Å². The molecule has 0 bridgehead atoms. The van der Waals surface area contributed by atoms with Gasteiger partial charge >= 0.3 is 0 Å². The van der Waals surface area contributed by atoms with Crippen LogP contribution < -0.4 is 5.32 Å². The van der Waals surface area contributed by atoms with Gasteiger partial charge in [0.15, 0.2) is 0 Å². The second-order valence-corrected chi connectivity index (χ2v) is 9.17. The number of nitrogens with one attached hydrogen (secondary N) is 1. The Morgan fingerprint density at radius 3 is 2.43 bits per heavy atom. The first-order valence-corrected chi connectivity index (χ1v) is 11.9. The van der Waals surface area contributed by atoms with Gasteiger partial charge in [0.1, 0.15) is 12.1 Å². The van der Waals surface area contributed by atoms with E-state index in [4.69, 9.17) is 0 Å². The number of carbonyl (C=O) groups excluding carboxylic acids is 2. The summed E-state index contributed by atoms with van der Waals surface area (Å²) in [5, 5.41) is 3.91. The molecule has 0 saturated carbocycles. The third kappa shape index (κ3) is 4.77. The van der Waals surface area contributed by atoms with Gasteiger partial charge in [-0.3, -0.25) is 14.2 Å². The number of amides is 2. The number of nitrogens with zero attached hydrogens (tertiary/aromatic N) is 5. The monoisotopic (exact) mass is 468 g/mol. The lowest BCUT2D eigenvalue weighted by Crippen LogP contribution is -2.46. The number of para-hydroxylation sites is 1. The molecule has 8 heteroatoms. The quantitative estimate of drug-likeness (QED) is 0.478. The van der Waals surface area contributed by atoms with E-state index in [2.05, 4.69) is 34.1 Å². The van der Waals surface area contributed by atoms with E-state index < -0.39 is 0 Å². The second-order valence-electron chi connectivity index (χ2n) is 9.17. The van der Waals surface area contributed by atoms with Crippen LogP contribution in [0.25, 0.3) is 16.7 Å². The second kappa shape index (κ2) is 9.66. The number of piperidine rings is 1. The highest BCUT2D eigenvalue weighted by atomic mass is 16.2. The standard InChI is InChI=1S/C27H28N6O2/c1-18(2)19-7-9-20(10-8-19)27(35)32-14-11-21(12-15-32)29-26(34)24-30-23-6-4-3-5-22(23)25(31-24)33-16-13-28-17-33/h3-10,13,16-18,21H,11-12,14-15H2,1-2H3,(H,29,34). The number of likely N-dealkylation sites (tertiary alicyclic amines) is 1. The van der Waals surface area contributed by atoms with Crippen molar-refractivity contribution in [3.8, 4) is 5.82 Å². The molecule has 8 nitrogen and oxygen atoms in total. The fraction of sp³-hybridized carbons (Fsp3) is 0.296. The fourth-order valence-electron chi connectivity index (χ4n) is 4.41. The lowest BCUT2D eigenvalue weighted by atomic mass is 10.0. The average molecular weight is 469 g/mol. The molecule has 0 spiro atoms. The molecular formula is C27H28N6O2. The minimum atomic E-state index is -0.314.